The van der Waals surface area contributed by atoms with Gasteiger partial charge in [-0.15, -0.1) is 5.10 Å². The van der Waals surface area contributed by atoms with Gasteiger partial charge in [0.1, 0.15) is 0 Å². The molecule has 0 radical (unpaired) electrons. The number of nitrogens with two attached hydrogens (primary N) is 1. The van der Waals surface area contributed by atoms with Crippen LogP contribution in [0.4, 0.5) is 5.95 Å². The van der Waals surface area contributed by atoms with Gasteiger partial charge in [-0.2, -0.15) is 10.1 Å². The van der Waals surface area contributed by atoms with Crippen LogP contribution >= 0.6 is 0 Å². The van der Waals surface area contributed by atoms with Crippen molar-refractivity contribution in [2.24, 2.45) is 18.7 Å². The Hall–Kier alpha value is -1.89. The molecule has 1 aliphatic heterocycles. The minimum atomic E-state index is 0.646. The molecule has 0 atom stereocenters. The van der Waals surface area contributed by atoms with Crippen molar-refractivity contribution >= 4 is 5.95 Å². The van der Waals surface area contributed by atoms with E-state index in [4.69, 9.17) is 5.73 Å². The zero-order valence-corrected chi connectivity index (χ0v) is 11.1. The Morgan fingerprint density at radius 3 is 2.84 bits per heavy atom. The molecule has 7 nitrogen and oxygen atoms in total. The number of H-pyrrole nitrogens is 1. The average molecular weight is 261 g/mol. The first-order valence-electron chi connectivity index (χ1n) is 6.62. The molecule has 7 heteroatoms. The second kappa shape index (κ2) is 5.00. The number of hydrogen-bond acceptors (Lipinski definition) is 5. The lowest BCUT2D eigenvalue weighted by molar-refractivity contribution is 0.411. The van der Waals surface area contributed by atoms with Crippen molar-refractivity contribution in [1.29, 1.82) is 0 Å². The predicted molar refractivity (Wildman–Crippen MR) is 72.6 cm³/mol. The highest BCUT2D eigenvalue weighted by molar-refractivity contribution is 5.53. The second-order valence-electron chi connectivity index (χ2n) is 5.05. The Balaban J connectivity index is 1.72. The Labute approximate surface area is 111 Å². The molecule has 0 spiro atoms. The molecule has 1 fully saturated rings. The predicted octanol–water partition coefficient (Wildman–Crippen LogP) is 0.380. The van der Waals surface area contributed by atoms with Gasteiger partial charge in [-0.3, -0.25) is 9.78 Å². The number of aromatic nitrogens is 5. The van der Waals surface area contributed by atoms with Gasteiger partial charge in [0.05, 0.1) is 11.8 Å². The summed E-state index contributed by atoms with van der Waals surface area (Å²) in [6, 6.07) is 0. The van der Waals surface area contributed by atoms with Gasteiger partial charge in [-0.25, -0.2) is 0 Å². The fraction of sp³-hybridized carbons (Fsp3) is 0.583. The van der Waals surface area contributed by atoms with Gasteiger partial charge in [-0.1, -0.05) is 0 Å². The van der Waals surface area contributed by atoms with Gasteiger partial charge >= 0.3 is 0 Å². The summed E-state index contributed by atoms with van der Waals surface area (Å²) in [4.78, 5) is 6.75. The quantitative estimate of drug-likeness (QED) is 0.834. The van der Waals surface area contributed by atoms with Crippen LogP contribution in [0.15, 0.2) is 12.4 Å². The van der Waals surface area contributed by atoms with Crippen LogP contribution in [0.3, 0.4) is 0 Å². The maximum absolute atomic E-state index is 5.70. The second-order valence-corrected chi connectivity index (χ2v) is 5.05. The van der Waals surface area contributed by atoms with Crippen molar-refractivity contribution in [2.45, 2.75) is 12.8 Å². The van der Waals surface area contributed by atoms with Crippen LogP contribution in [0.2, 0.25) is 0 Å². The van der Waals surface area contributed by atoms with Gasteiger partial charge in [0, 0.05) is 26.3 Å². The Kier molecular flexibility index (Phi) is 3.20. The minimum Gasteiger partial charge on any atom is -0.340 e. The molecule has 1 saturated heterocycles. The van der Waals surface area contributed by atoms with E-state index in [1.54, 1.807) is 10.9 Å². The molecule has 0 unspecified atom stereocenters. The minimum absolute atomic E-state index is 0.646. The van der Waals surface area contributed by atoms with E-state index >= 15 is 0 Å². The van der Waals surface area contributed by atoms with Crippen LogP contribution in [0.1, 0.15) is 12.8 Å². The standard InChI is InChI=1S/C12H19N7/c1-18-8-10(7-14-18)11-15-12(17-16-11)19-4-2-9(6-13)3-5-19/h7-9H,2-6,13H2,1H3,(H,15,16,17). The van der Waals surface area contributed by atoms with E-state index < -0.39 is 0 Å². The van der Waals surface area contributed by atoms with Crippen LogP contribution in [-0.2, 0) is 7.05 Å². The van der Waals surface area contributed by atoms with E-state index in [2.05, 4.69) is 25.2 Å². The first-order chi connectivity index (χ1) is 9.26. The summed E-state index contributed by atoms with van der Waals surface area (Å²) in [7, 11) is 1.89. The van der Waals surface area contributed by atoms with E-state index in [9.17, 15) is 0 Å². The normalized spacial score (nSPS) is 17.1. The Morgan fingerprint density at radius 1 is 1.42 bits per heavy atom. The van der Waals surface area contributed by atoms with Crippen LogP contribution in [0.5, 0.6) is 0 Å². The smallest absolute Gasteiger partial charge is 0.245 e. The van der Waals surface area contributed by atoms with E-state index in [0.29, 0.717) is 5.92 Å². The number of piperidine rings is 1. The molecule has 0 bridgehead atoms. The van der Waals surface area contributed by atoms with Crippen molar-refractivity contribution < 1.29 is 0 Å². The highest BCUT2D eigenvalue weighted by Crippen LogP contribution is 2.22. The van der Waals surface area contributed by atoms with Gasteiger partial charge in [0.2, 0.25) is 5.95 Å². The number of hydrogen-bond donors (Lipinski definition) is 2. The monoisotopic (exact) mass is 261 g/mol. The average Bonchev–Trinajstić information content (AvgIpc) is 3.07. The lowest BCUT2D eigenvalue weighted by atomic mass is 9.97. The van der Waals surface area contributed by atoms with Crippen LogP contribution in [0.25, 0.3) is 11.4 Å². The fourth-order valence-electron chi connectivity index (χ4n) is 2.44. The molecule has 3 heterocycles. The molecule has 19 heavy (non-hydrogen) atoms. The Morgan fingerprint density at radius 2 is 2.21 bits per heavy atom. The van der Waals surface area contributed by atoms with Crippen molar-refractivity contribution in [2.75, 3.05) is 24.5 Å². The van der Waals surface area contributed by atoms with Gasteiger partial charge in [0.15, 0.2) is 5.82 Å². The number of aromatic amines is 1. The maximum Gasteiger partial charge on any atom is 0.245 e. The molecule has 102 valence electrons. The van der Waals surface area contributed by atoms with E-state index in [1.807, 2.05) is 13.2 Å². The summed E-state index contributed by atoms with van der Waals surface area (Å²) >= 11 is 0. The molecule has 0 aliphatic carbocycles. The molecule has 0 aromatic carbocycles. The molecule has 3 N–H and O–H groups in total. The highest BCUT2D eigenvalue weighted by Gasteiger charge is 2.21. The lowest BCUT2D eigenvalue weighted by Gasteiger charge is -2.30. The number of nitrogens with one attached hydrogen (secondary N) is 1. The number of nitrogens with zero attached hydrogens (tertiary/aromatic N) is 5. The first-order valence-corrected chi connectivity index (χ1v) is 6.62. The van der Waals surface area contributed by atoms with E-state index in [-0.39, 0.29) is 0 Å². The van der Waals surface area contributed by atoms with Crippen molar-refractivity contribution in [3.8, 4) is 11.4 Å². The van der Waals surface area contributed by atoms with Crippen molar-refractivity contribution in [3.05, 3.63) is 12.4 Å². The molecule has 2 aromatic rings. The van der Waals surface area contributed by atoms with Crippen LogP contribution < -0.4 is 10.6 Å². The third kappa shape index (κ3) is 2.46. The van der Waals surface area contributed by atoms with Gasteiger partial charge in [-0.05, 0) is 25.3 Å². The zero-order valence-electron chi connectivity index (χ0n) is 11.1. The largest absolute Gasteiger partial charge is 0.340 e. The number of anilines is 1. The Bertz CT molecular complexity index is 536. The summed E-state index contributed by atoms with van der Waals surface area (Å²) < 4.78 is 1.75. The third-order valence-corrected chi connectivity index (χ3v) is 3.68. The van der Waals surface area contributed by atoms with Crippen molar-refractivity contribution in [3.63, 3.8) is 0 Å². The molecule has 0 saturated carbocycles. The summed E-state index contributed by atoms with van der Waals surface area (Å²) in [5.74, 6) is 2.19. The zero-order chi connectivity index (χ0) is 13.2. The van der Waals surface area contributed by atoms with E-state index in [0.717, 1.165) is 49.8 Å². The van der Waals surface area contributed by atoms with Crippen LogP contribution in [-0.4, -0.2) is 44.6 Å². The SMILES string of the molecule is Cn1cc(-c2nc(N3CCC(CN)CC3)n[nH]2)cn1. The van der Waals surface area contributed by atoms with Gasteiger partial charge < -0.3 is 10.6 Å². The maximum atomic E-state index is 5.70. The lowest BCUT2D eigenvalue weighted by Crippen LogP contribution is -2.36. The first kappa shape index (κ1) is 12.2. The topological polar surface area (TPSA) is 88.6 Å². The van der Waals surface area contributed by atoms with Gasteiger partial charge in [0.25, 0.3) is 0 Å². The molecule has 3 rings (SSSR count). The molecule has 1 aliphatic rings. The number of aryl methyl sites for hydroxylation is 1. The molecule has 0 amide bonds. The summed E-state index contributed by atoms with van der Waals surface area (Å²) in [5.41, 5.74) is 6.66. The summed E-state index contributed by atoms with van der Waals surface area (Å²) in [5, 5.41) is 11.4. The van der Waals surface area contributed by atoms with Crippen molar-refractivity contribution in [1.82, 2.24) is 25.0 Å². The fourth-order valence-corrected chi connectivity index (χ4v) is 2.44. The summed E-state index contributed by atoms with van der Waals surface area (Å²) in [6.45, 7) is 2.74. The van der Waals surface area contributed by atoms with E-state index in [1.165, 1.54) is 0 Å². The summed E-state index contributed by atoms with van der Waals surface area (Å²) in [6.07, 6.45) is 5.94. The molecular formula is C12H19N7. The molecular weight excluding hydrogens is 242 g/mol. The third-order valence-electron chi connectivity index (χ3n) is 3.68. The van der Waals surface area contributed by atoms with Crippen LogP contribution in [0, 0.1) is 5.92 Å². The highest BCUT2D eigenvalue weighted by atomic mass is 15.4. The molecule has 2 aromatic heterocycles. The number of rotatable bonds is 3.